The average molecular weight is 197 g/mol. The minimum absolute atomic E-state index is 0.572. The van der Waals surface area contributed by atoms with Crippen molar-refractivity contribution in [2.24, 2.45) is 13.0 Å². The minimum Gasteiger partial charge on any atom is -0.375 e. The number of nitrogens with one attached hydrogen (secondary N) is 1. The monoisotopic (exact) mass is 197 g/mol. The predicted molar refractivity (Wildman–Crippen MR) is 57.2 cm³/mol. The Morgan fingerprint density at radius 1 is 1.57 bits per heavy atom. The molecule has 1 N–H and O–H groups in total. The van der Waals surface area contributed by atoms with Crippen LogP contribution in [0.5, 0.6) is 0 Å². The third-order valence-electron chi connectivity index (χ3n) is 1.89. The van der Waals surface area contributed by atoms with Crippen molar-refractivity contribution in [3.63, 3.8) is 0 Å². The lowest BCUT2D eigenvalue weighted by Crippen LogP contribution is -2.02. The Kier molecular flexibility index (Phi) is 3.95. The third kappa shape index (κ3) is 3.03. The lowest BCUT2D eigenvalue weighted by molar-refractivity contribution is 0.0945. The topological polar surface area (TPSA) is 39.1 Å². The summed E-state index contributed by atoms with van der Waals surface area (Å²) < 4.78 is 7.30. The van der Waals surface area contributed by atoms with Gasteiger partial charge in [-0.25, -0.2) is 0 Å². The van der Waals surface area contributed by atoms with E-state index < -0.39 is 0 Å². The molecule has 0 fully saturated rings. The number of rotatable bonds is 5. The van der Waals surface area contributed by atoms with Gasteiger partial charge in [0.25, 0.3) is 0 Å². The van der Waals surface area contributed by atoms with Gasteiger partial charge in [-0.3, -0.25) is 4.68 Å². The maximum absolute atomic E-state index is 5.49. The molecule has 0 amide bonds. The Morgan fingerprint density at radius 3 is 2.79 bits per heavy atom. The summed E-state index contributed by atoms with van der Waals surface area (Å²) in [5.41, 5.74) is 0.970. The van der Waals surface area contributed by atoms with E-state index in [1.54, 1.807) is 0 Å². The van der Waals surface area contributed by atoms with E-state index in [0.717, 1.165) is 18.1 Å². The fraction of sp³-hybridized carbons (Fsp3) is 0.700. The highest BCUT2D eigenvalue weighted by atomic mass is 16.5. The second-order valence-corrected chi connectivity index (χ2v) is 3.80. The fourth-order valence-corrected chi connectivity index (χ4v) is 1.23. The van der Waals surface area contributed by atoms with Crippen molar-refractivity contribution in [1.29, 1.82) is 0 Å². The van der Waals surface area contributed by atoms with Gasteiger partial charge >= 0.3 is 0 Å². The Hall–Kier alpha value is -1.03. The molecular weight excluding hydrogens is 178 g/mol. The molecule has 1 rings (SSSR count). The summed E-state index contributed by atoms with van der Waals surface area (Å²) in [5.74, 6) is 1.58. The van der Waals surface area contributed by atoms with Crippen molar-refractivity contribution >= 4 is 5.82 Å². The maximum Gasteiger partial charge on any atom is 0.124 e. The summed E-state index contributed by atoms with van der Waals surface area (Å²) >= 11 is 0. The number of hydrogen-bond donors (Lipinski definition) is 1. The largest absolute Gasteiger partial charge is 0.375 e. The molecule has 0 aliphatic rings. The fourth-order valence-electron chi connectivity index (χ4n) is 1.23. The standard InChI is InChI=1S/C10H19N3O/c1-8(2)6-14-7-9-5-10(11-3)13(4)12-9/h5,8,11H,6-7H2,1-4H3. The molecule has 0 saturated carbocycles. The lowest BCUT2D eigenvalue weighted by Gasteiger charge is -2.03. The molecule has 0 aromatic carbocycles. The summed E-state index contributed by atoms with van der Waals surface area (Å²) in [7, 11) is 3.80. The first kappa shape index (κ1) is 11.0. The molecule has 14 heavy (non-hydrogen) atoms. The predicted octanol–water partition coefficient (Wildman–Crippen LogP) is 1.63. The van der Waals surface area contributed by atoms with Crippen LogP contribution in [-0.2, 0) is 18.4 Å². The van der Waals surface area contributed by atoms with Gasteiger partial charge in [-0.2, -0.15) is 5.10 Å². The van der Waals surface area contributed by atoms with Gasteiger partial charge in [-0.1, -0.05) is 13.8 Å². The zero-order valence-corrected chi connectivity index (χ0v) is 9.37. The first-order valence-electron chi connectivity index (χ1n) is 4.92. The Morgan fingerprint density at radius 2 is 2.29 bits per heavy atom. The van der Waals surface area contributed by atoms with Crippen LogP contribution in [0, 0.1) is 5.92 Å². The summed E-state index contributed by atoms with van der Waals surface area (Å²) in [6, 6.07) is 2.00. The molecule has 0 unspecified atom stereocenters. The van der Waals surface area contributed by atoms with E-state index >= 15 is 0 Å². The first-order chi connectivity index (χ1) is 6.63. The molecule has 4 nitrogen and oxygen atoms in total. The molecule has 0 aliphatic carbocycles. The quantitative estimate of drug-likeness (QED) is 0.780. The van der Waals surface area contributed by atoms with Gasteiger partial charge in [0, 0.05) is 26.8 Å². The van der Waals surface area contributed by atoms with E-state index in [4.69, 9.17) is 4.74 Å². The third-order valence-corrected chi connectivity index (χ3v) is 1.89. The van der Waals surface area contributed by atoms with Crippen molar-refractivity contribution < 1.29 is 4.74 Å². The molecule has 0 bridgehead atoms. The van der Waals surface area contributed by atoms with Gasteiger partial charge in [0.05, 0.1) is 12.3 Å². The molecule has 80 valence electrons. The van der Waals surface area contributed by atoms with E-state index in [-0.39, 0.29) is 0 Å². The van der Waals surface area contributed by atoms with E-state index in [2.05, 4.69) is 24.3 Å². The van der Waals surface area contributed by atoms with Gasteiger partial charge in [0.2, 0.25) is 0 Å². The SMILES string of the molecule is CNc1cc(COCC(C)C)nn1C. The number of nitrogens with zero attached hydrogens (tertiary/aromatic N) is 2. The van der Waals surface area contributed by atoms with Crippen LogP contribution in [0.4, 0.5) is 5.82 Å². The highest BCUT2D eigenvalue weighted by molar-refractivity contribution is 5.35. The molecule has 0 spiro atoms. The second-order valence-electron chi connectivity index (χ2n) is 3.80. The zero-order valence-electron chi connectivity index (χ0n) is 9.37. The van der Waals surface area contributed by atoms with Crippen LogP contribution in [0.25, 0.3) is 0 Å². The molecule has 4 heteroatoms. The van der Waals surface area contributed by atoms with Crippen molar-refractivity contribution in [2.75, 3.05) is 19.0 Å². The van der Waals surface area contributed by atoms with E-state index in [1.807, 2.05) is 24.8 Å². The number of ether oxygens (including phenoxy) is 1. The van der Waals surface area contributed by atoms with Crippen LogP contribution >= 0.6 is 0 Å². The Labute approximate surface area is 85.3 Å². The summed E-state index contributed by atoms with van der Waals surface area (Å²) in [5, 5.41) is 7.37. The summed E-state index contributed by atoms with van der Waals surface area (Å²) in [4.78, 5) is 0. The number of hydrogen-bond acceptors (Lipinski definition) is 3. The first-order valence-corrected chi connectivity index (χ1v) is 4.92. The zero-order chi connectivity index (χ0) is 10.6. The van der Waals surface area contributed by atoms with Gasteiger partial charge in [0.1, 0.15) is 5.82 Å². The van der Waals surface area contributed by atoms with Crippen LogP contribution in [-0.4, -0.2) is 23.4 Å². The molecule has 1 aromatic heterocycles. The second kappa shape index (κ2) is 5.00. The Balaban J connectivity index is 2.43. The van der Waals surface area contributed by atoms with Crippen LogP contribution in [0.2, 0.25) is 0 Å². The summed E-state index contributed by atoms with van der Waals surface area (Å²) in [6.45, 7) is 5.65. The Bertz CT molecular complexity index is 281. The number of anilines is 1. The molecule has 0 radical (unpaired) electrons. The summed E-state index contributed by atoms with van der Waals surface area (Å²) in [6.07, 6.45) is 0. The maximum atomic E-state index is 5.49. The van der Waals surface area contributed by atoms with Gasteiger partial charge < -0.3 is 10.1 Å². The number of aromatic nitrogens is 2. The van der Waals surface area contributed by atoms with Gasteiger partial charge in [-0.05, 0) is 5.92 Å². The smallest absolute Gasteiger partial charge is 0.124 e. The molecule has 1 heterocycles. The van der Waals surface area contributed by atoms with E-state index in [1.165, 1.54) is 0 Å². The van der Waals surface area contributed by atoms with E-state index in [9.17, 15) is 0 Å². The van der Waals surface area contributed by atoms with Crippen molar-refractivity contribution in [2.45, 2.75) is 20.5 Å². The van der Waals surface area contributed by atoms with Crippen LogP contribution < -0.4 is 5.32 Å². The lowest BCUT2D eigenvalue weighted by atomic mass is 10.2. The molecule has 0 saturated heterocycles. The van der Waals surface area contributed by atoms with Crippen LogP contribution in [0.15, 0.2) is 6.07 Å². The normalized spacial score (nSPS) is 10.9. The minimum atomic E-state index is 0.572. The van der Waals surface area contributed by atoms with E-state index in [0.29, 0.717) is 12.5 Å². The van der Waals surface area contributed by atoms with Crippen LogP contribution in [0.1, 0.15) is 19.5 Å². The van der Waals surface area contributed by atoms with Gasteiger partial charge in [-0.15, -0.1) is 0 Å². The molecule has 0 atom stereocenters. The van der Waals surface area contributed by atoms with Crippen molar-refractivity contribution in [1.82, 2.24) is 9.78 Å². The van der Waals surface area contributed by atoms with Crippen molar-refractivity contribution in [3.8, 4) is 0 Å². The van der Waals surface area contributed by atoms with Crippen molar-refractivity contribution in [3.05, 3.63) is 11.8 Å². The average Bonchev–Trinajstić information content (AvgIpc) is 2.45. The van der Waals surface area contributed by atoms with Crippen LogP contribution in [0.3, 0.4) is 0 Å². The number of aryl methyl sites for hydroxylation is 1. The molecular formula is C10H19N3O. The highest BCUT2D eigenvalue weighted by Gasteiger charge is 2.03. The molecule has 0 aliphatic heterocycles. The highest BCUT2D eigenvalue weighted by Crippen LogP contribution is 2.09. The van der Waals surface area contributed by atoms with Gasteiger partial charge in [0.15, 0.2) is 0 Å². The molecule has 1 aromatic rings.